The van der Waals surface area contributed by atoms with Gasteiger partial charge in [-0.1, -0.05) is 0 Å². The van der Waals surface area contributed by atoms with Gasteiger partial charge in [0.05, 0.1) is 12.8 Å². The van der Waals surface area contributed by atoms with E-state index in [1.165, 1.54) is 10.5 Å². The first kappa shape index (κ1) is 14.5. The minimum absolute atomic E-state index is 0.00348. The van der Waals surface area contributed by atoms with E-state index in [-0.39, 0.29) is 11.1 Å². The van der Waals surface area contributed by atoms with Crippen molar-refractivity contribution >= 4 is 10.0 Å². The van der Waals surface area contributed by atoms with Crippen molar-refractivity contribution in [3.8, 4) is 0 Å². The molecule has 1 aliphatic rings. The molecule has 6 nitrogen and oxygen atoms in total. The second-order valence-electron chi connectivity index (χ2n) is 5.02. The highest BCUT2D eigenvalue weighted by molar-refractivity contribution is 7.89. The molecule has 1 heterocycles. The molecule has 1 aromatic rings. The molecule has 0 radical (unpaired) electrons. The molecule has 0 bridgehead atoms. The summed E-state index contributed by atoms with van der Waals surface area (Å²) in [5, 5.41) is 0.161. The van der Waals surface area contributed by atoms with Gasteiger partial charge in [0, 0.05) is 19.7 Å². The van der Waals surface area contributed by atoms with E-state index in [1.807, 2.05) is 6.92 Å². The molecule has 0 aromatic carbocycles. The number of H-pyrrole nitrogens is 1. The highest BCUT2D eigenvalue weighted by atomic mass is 32.2. The number of ether oxygens (including phenoxy) is 1. The predicted octanol–water partition coefficient (Wildman–Crippen LogP) is 1.15. The fourth-order valence-corrected chi connectivity index (χ4v) is 3.83. The molecule has 0 spiro atoms. The van der Waals surface area contributed by atoms with Crippen LogP contribution in [0.3, 0.4) is 0 Å². The van der Waals surface area contributed by atoms with Crippen molar-refractivity contribution in [2.75, 3.05) is 20.3 Å². The number of methoxy groups -OCH3 is 1. The number of sulfonamides is 1. The summed E-state index contributed by atoms with van der Waals surface area (Å²) in [4.78, 5) is 6.78. The van der Waals surface area contributed by atoms with Crippen molar-refractivity contribution < 1.29 is 13.2 Å². The number of aromatic amines is 1. The average molecular weight is 287 g/mol. The molecule has 1 atom stereocenters. The quantitative estimate of drug-likeness (QED) is 0.816. The number of nitrogens with zero attached hydrogens (tertiary/aromatic N) is 2. The monoisotopic (exact) mass is 287 g/mol. The first-order valence-corrected chi connectivity index (χ1v) is 7.93. The van der Waals surface area contributed by atoms with E-state index in [1.54, 1.807) is 14.0 Å². The molecule has 0 aliphatic heterocycles. The van der Waals surface area contributed by atoms with Crippen molar-refractivity contribution in [1.82, 2.24) is 14.3 Å². The van der Waals surface area contributed by atoms with Crippen LogP contribution in [0.2, 0.25) is 0 Å². The first-order valence-electron chi connectivity index (χ1n) is 6.49. The number of hydrogen-bond donors (Lipinski definition) is 1. The zero-order chi connectivity index (χ0) is 14.0. The highest BCUT2D eigenvalue weighted by Crippen LogP contribution is 2.36. The van der Waals surface area contributed by atoms with E-state index >= 15 is 0 Å². The minimum Gasteiger partial charge on any atom is -0.383 e. The van der Waals surface area contributed by atoms with Gasteiger partial charge >= 0.3 is 0 Å². The van der Waals surface area contributed by atoms with E-state index in [4.69, 9.17) is 4.74 Å². The lowest BCUT2D eigenvalue weighted by Crippen LogP contribution is -2.42. The smallest absolute Gasteiger partial charge is 0.260 e. The summed E-state index contributed by atoms with van der Waals surface area (Å²) in [6.45, 7) is 4.47. The zero-order valence-electron chi connectivity index (χ0n) is 11.6. The molecule has 19 heavy (non-hydrogen) atoms. The Morgan fingerprint density at radius 1 is 1.58 bits per heavy atom. The Hall–Kier alpha value is -0.920. The lowest BCUT2D eigenvalue weighted by Gasteiger charge is -2.27. The predicted molar refractivity (Wildman–Crippen MR) is 71.3 cm³/mol. The van der Waals surface area contributed by atoms with E-state index in [2.05, 4.69) is 9.97 Å². The van der Waals surface area contributed by atoms with Crippen LogP contribution in [0.5, 0.6) is 0 Å². The third-order valence-corrected chi connectivity index (χ3v) is 5.44. The van der Waals surface area contributed by atoms with Crippen molar-refractivity contribution in [3.63, 3.8) is 0 Å². The van der Waals surface area contributed by atoms with Crippen molar-refractivity contribution in [2.24, 2.45) is 5.92 Å². The van der Waals surface area contributed by atoms with Crippen LogP contribution in [0.25, 0.3) is 0 Å². The molecular formula is C12H21N3O3S. The van der Waals surface area contributed by atoms with E-state index in [9.17, 15) is 8.42 Å². The van der Waals surface area contributed by atoms with E-state index in [0.717, 1.165) is 12.8 Å². The van der Waals surface area contributed by atoms with Gasteiger partial charge in [0.2, 0.25) is 0 Å². The van der Waals surface area contributed by atoms with Crippen LogP contribution >= 0.6 is 0 Å². The number of aromatic nitrogens is 2. The lowest BCUT2D eigenvalue weighted by atomic mass is 10.2. The Balaban J connectivity index is 2.25. The Morgan fingerprint density at radius 3 is 2.74 bits per heavy atom. The molecule has 2 rings (SSSR count). The van der Waals surface area contributed by atoms with Gasteiger partial charge in [-0.3, -0.25) is 0 Å². The van der Waals surface area contributed by atoms with Crippen molar-refractivity contribution in [3.05, 3.63) is 12.0 Å². The van der Waals surface area contributed by atoms with Gasteiger partial charge in [-0.25, -0.2) is 13.4 Å². The fraction of sp³-hybridized carbons (Fsp3) is 0.750. The molecule has 1 N–H and O–H groups in total. The number of imidazole rings is 1. The van der Waals surface area contributed by atoms with Crippen LogP contribution in [-0.4, -0.2) is 49.0 Å². The molecule has 7 heteroatoms. The molecule has 108 valence electrons. The Bertz CT molecular complexity index is 522. The Kier molecular flexibility index (Phi) is 4.27. The third-order valence-electron chi connectivity index (χ3n) is 3.54. The maximum atomic E-state index is 12.6. The van der Waals surface area contributed by atoms with Gasteiger partial charge in [-0.05, 0) is 32.6 Å². The minimum atomic E-state index is -3.52. The van der Waals surface area contributed by atoms with Crippen LogP contribution in [0.1, 0.15) is 25.6 Å². The molecule has 1 aromatic heterocycles. The summed E-state index contributed by atoms with van der Waals surface area (Å²) >= 11 is 0. The maximum absolute atomic E-state index is 12.6. The van der Waals surface area contributed by atoms with Crippen LogP contribution in [-0.2, 0) is 14.8 Å². The second-order valence-corrected chi connectivity index (χ2v) is 6.88. The number of nitrogens with one attached hydrogen (secondary N) is 1. The second kappa shape index (κ2) is 5.60. The molecule has 1 aliphatic carbocycles. The number of aryl methyl sites for hydroxylation is 1. The highest BCUT2D eigenvalue weighted by Gasteiger charge is 2.38. The lowest BCUT2D eigenvalue weighted by molar-refractivity contribution is 0.164. The summed E-state index contributed by atoms with van der Waals surface area (Å²) in [7, 11) is -1.95. The Labute approximate surface area is 114 Å². The van der Waals surface area contributed by atoms with Crippen LogP contribution < -0.4 is 0 Å². The van der Waals surface area contributed by atoms with Crippen molar-refractivity contribution in [1.29, 1.82) is 0 Å². The molecular weight excluding hydrogens is 266 g/mol. The maximum Gasteiger partial charge on any atom is 0.260 e. The molecule has 1 saturated carbocycles. The van der Waals surface area contributed by atoms with Gasteiger partial charge in [0.25, 0.3) is 10.0 Å². The van der Waals surface area contributed by atoms with Gasteiger partial charge < -0.3 is 9.72 Å². The van der Waals surface area contributed by atoms with Gasteiger partial charge in [-0.2, -0.15) is 4.31 Å². The number of hydrogen-bond acceptors (Lipinski definition) is 4. The summed E-state index contributed by atoms with van der Waals surface area (Å²) in [6, 6.07) is 0.00348. The van der Waals surface area contributed by atoms with E-state index in [0.29, 0.717) is 24.9 Å². The van der Waals surface area contributed by atoms with Gasteiger partial charge in [0.15, 0.2) is 5.03 Å². The summed E-state index contributed by atoms with van der Waals surface area (Å²) in [6.07, 6.45) is 3.58. The van der Waals surface area contributed by atoms with Gasteiger partial charge in [0.1, 0.15) is 5.82 Å². The van der Waals surface area contributed by atoms with Crippen LogP contribution in [0.4, 0.5) is 0 Å². The summed E-state index contributed by atoms with van der Waals surface area (Å²) < 4.78 is 31.8. The SMILES string of the molecule is COCCN(C(C)C1CC1)S(=O)(=O)c1cnc(C)[nH]1. The van der Waals surface area contributed by atoms with Crippen LogP contribution in [0.15, 0.2) is 11.2 Å². The molecule has 1 fully saturated rings. The summed E-state index contributed by atoms with van der Waals surface area (Å²) in [5.41, 5.74) is 0. The first-order chi connectivity index (χ1) is 8.96. The molecule has 0 saturated heterocycles. The molecule has 0 amide bonds. The Morgan fingerprint density at radius 2 is 2.26 bits per heavy atom. The van der Waals surface area contributed by atoms with E-state index < -0.39 is 10.0 Å². The zero-order valence-corrected chi connectivity index (χ0v) is 12.4. The normalized spacial score (nSPS) is 17.9. The third kappa shape index (κ3) is 3.16. The average Bonchev–Trinajstić information content (AvgIpc) is 3.11. The molecule has 1 unspecified atom stereocenters. The van der Waals surface area contributed by atoms with Gasteiger partial charge in [-0.15, -0.1) is 0 Å². The largest absolute Gasteiger partial charge is 0.383 e. The topological polar surface area (TPSA) is 75.3 Å². The summed E-state index contributed by atoms with van der Waals surface area (Å²) in [5.74, 6) is 1.07. The standard InChI is InChI=1S/C12H21N3O3S/c1-9(11-4-5-11)15(6-7-18-3)19(16,17)12-8-13-10(2)14-12/h8-9,11H,4-7H2,1-3H3,(H,13,14). The fourth-order valence-electron chi connectivity index (χ4n) is 2.19. The van der Waals surface area contributed by atoms with Crippen molar-refractivity contribution in [2.45, 2.75) is 37.8 Å². The van der Waals surface area contributed by atoms with Crippen LogP contribution in [0, 0.1) is 12.8 Å². The number of rotatable bonds is 7.